The molecule has 0 saturated carbocycles. The molecule has 2 heterocycles. The zero-order chi connectivity index (χ0) is 13.1. The van der Waals surface area contributed by atoms with Crippen LogP contribution in [0, 0.1) is 5.92 Å². The van der Waals surface area contributed by atoms with Gasteiger partial charge < -0.3 is 5.01 Å². The minimum Gasteiger partial charge on any atom is -0.303 e. The summed E-state index contributed by atoms with van der Waals surface area (Å²) in [5.74, 6) is 0.711. The minimum absolute atomic E-state index is 0.711. The van der Waals surface area contributed by atoms with Crippen LogP contribution < -0.4 is 0 Å². The third-order valence-corrected chi connectivity index (χ3v) is 4.68. The van der Waals surface area contributed by atoms with Gasteiger partial charge in [-0.2, -0.15) is 5.10 Å². The Bertz CT molecular complexity index is 298. The minimum atomic E-state index is 0.711. The Labute approximate surface area is 112 Å². The molecule has 1 unspecified atom stereocenters. The molecule has 0 aromatic heterocycles. The molecule has 0 N–H and O–H groups in total. The second-order valence-electron chi connectivity index (χ2n) is 6.21. The summed E-state index contributed by atoms with van der Waals surface area (Å²) >= 11 is 0. The number of hydrazone groups is 1. The number of nitrogens with zero attached hydrogens (tertiary/aromatic N) is 3. The highest BCUT2D eigenvalue weighted by molar-refractivity contribution is 5.89. The second kappa shape index (κ2) is 6.05. The number of hydrogen-bond donors (Lipinski definition) is 0. The van der Waals surface area contributed by atoms with Crippen LogP contribution in [0.3, 0.4) is 0 Å². The van der Waals surface area contributed by atoms with Gasteiger partial charge in [0.1, 0.15) is 0 Å². The first-order chi connectivity index (χ1) is 8.63. The average Bonchev–Trinajstić information content (AvgIpc) is 2.57. The summed E-state index contributed by atoms with van der Waals surface area (Å²) in [6.07, 6.45) is 9.33. The van der Waals surface area contributed by atoms with Crippen molar-refractivity contribution in [3.8, 4) is 0 Å². The van der Waals surface area contributed by atoms with Gasteiger partial charge in [-0.1, -0.05) is 26.2 Å². The first kappa shape index (κ1) is 13.9. The molecule has 0 aromatic carbocycles. The maximum atomic E-state index is 4.80. The Morgan fingerprint density at radius 1 is 1.28 bits per heavy atom. The van der Waals surface area contributed by atoms with E-state index in [0.717, 1.165) is 12.1 Å². The van der Waals surface area contributed by atoms with Crippen LogP contribution in [0.4, 0.5) is 0 Å². The van der Waals surface area contributed by atoms with Gasteiger partial charge in [0.2, 0.25) is 0 Å². The molecule has 2 fully saturated rings. The lowest BCUT2D eigenvalue weighted by Crippen LogP contribution is -2.47. The topological polar surface area (TPSA) is 18.8 Å². The third-order valence-electron chi connectivity index (χ3n) is 4.68. The summed E-state index contributed by atoms with van der Waals surface area (Å²) in [5.41, 5.74) is 1.47. The van der Waals surface area contributed by atoms with Gasteiger partial charge in [0.25, 0.3) is 0 Å². The van der Waals surface area contributed by atoms with E-state index in [-0.39, 0.29) is 0 Å². The Kier molecular flexibility index (Phi) is 4.66. The molecule has 3 atom stereocenters. The molecule has 2 saturated heterocycles. The van der Waals surface area contributed by atoms with Crippen molar-refractivity contribution in [1.29, 1.82) is 0 Å². The zero-order valence-electron chi connectivity index (χ0n) is 12.5. The van der Waals surface area contributed by atoms with E-state index in [1.807, 2.05) is 5.01 Å². The van der Waals surface area contributed by atoms with Gasteiger partial charge in [-0.25, -0.2) is 0 Å². The van der Waals surface area contributed by atoms with Gasteiger partial charge >= 0.3 is 0 Å². The van der Waals surface area contributed by atoms with Gasteiger partial charge in [0, 0.05) is 44.2 Å². The van der Waals surface area contributed by atoms with Crippen molar-refractivity contribution in [3.63, 3.8) is 0 Å². The normalized spacial score (nSPS) is 34.2. The molecular weight excluding hydrogens is 222 g/mol. The molecule has 0 aliphatic carbocycles. The molecule has 3 heteroatoms. The molecule has 2 aliphatic rings. The second-order valence-corrected chi connectivity index (χ2v) is 6.21. The summed E-state index contributed by atoms with van der Waals surface area (Å²) in [6, 6.07) is 1.52. The van der Waals surface area contributed by atoms with Crippen LogP contribution in [0.1, 0.15) is 51.9 Å². The number of unbranched alkanes of at least 4 members (excludes halogenated alkanes) is 2. The van der Waals surface area contributed by atoms with E-state index in [0.29, 0.717) is 5.92 Å². The van der Waals surface area contributed by atoms with E-state index in [1.54, 1.807) is 0 Å². The summed E-state index contributed by atoms with van der Waals surface area (Å²) in [7, 11) is 6.42. The van der Waals surface area contributed by atoms with Gasteiger partial charge in [-0.3, -0.25) is 4.90 Å². The van der Waals surface area contributed by atoms with Gasteiger partial charge in [0.15, 0.2) is 0 Å². The van der Waals surface area contributed by atoms with Crippen LogP contribution in [0.15, 0.2) is 5.10 Å². The summed E-state index contributed by atoms with van der Waals surface area (Å²) in [5, 5.41) is 6.79. The summed E-state index contributed by atoms with van der Waals surface area (Å²) in [6.45, 7) is 2.29. The highest BCUT2D eigenvalue weighted by Crippen LogP contribution is 2.38. The van der Waals surface area contributed by atoms with Crippen LogP contribution in [-0.4, -0.2) is 48.8 Å². The summed E-state index contributed by atoms with van der Waals surface area (Å²) in [4.78, 5) is 2.63. The van der Waals surface area contributed by atoms with Crippen LogP contribution in [0.25, 0.3) is 0 Å². The van der Waals surface area contributed by atoms with Crippen LogP contribution in [0.5, 0.6) is 0 Å². The first-order valence-corrected chi connectivity index (χ1v) is 7.60. The van der Waals surface area contributed by atoms with Gasteiger partial charge in [0.05, 0.1) is 0 Å². The van der Waals surface area contributed by atoms with E-state index < -0.39 is 0 Å². The fraction of sp³-hybridized carbons (Fsp3) is 0.933. The maximum Gasteiger partial charge on any atom is 0.0442 e. The summed E-state index contributed by atoms with van der Waals surface area (Å²) < 4.78 is 0. The Morgan fingerprint density at radius 2 is 2.06 bits per heavy atom. The lowest BCUT2D eigenvalue weighted by molar-refractivity contribution is 0.181. The Hall–Kier alpha value is -0.570. The fourth-order valence-electron chi connectivity index (χ4n) is 3.73. The maximum absolute atomic E-state index is 4.80. The van der Waals surface area contributed by atoms with Crippen LogP contribution in [-0.2, 0) is 0 Å². The molecule has 0 spiro atoms. The van der Waals surface area contributed by atoms with Crippen LogP contribution in [0.2, 0.25) is 0 Å². The molecule has 0 radical (unpaired) electrons. The van der Waals surface area contributed by atoms with E-state index >= 15 is 0 Å². The predicted molar refractivity (Wildman–Crippen MR) is 77.9 cm³/mol. The Balaban J connectivity index is 2.07. The molecule has 104 valence electrons. The van der Waals surface area contributed by atoms with Gasteiger partial charge in [-0.05, 0) is 26.3 Å². The molecule has 2 rings (SSSR count). The van der Waals surface area contributed by atoms with E-state index in [9.17, 15) is 0 Å². The number of hydrogen-bond acceptors (Lipinski definition) is 3. The molecule has 18 heavy (non-hydrogen) atoms. The first-order valence-electron chi connectivity index (χ1n) is 7.60. The smallest absolute Gasteiger partial charge is 0.0442 e. The van der Waals surface area contributed by atoms with E-state index in [4.69, 9.17) is 5.10 Å². The largest absolute Gasteiger partial charge is 0.303 e. The molecule has 2 aliphatic heterocycles. The van der Waals surface area contributed by atoms with Crippen molar-refractivity contribution >= 4 is 5.71 Å². The lowest BCUT2D eigenvalue weighted by Gasteiger charge is -2.39. The SMILES string of the molecule is CCCCCC1/C(=N/N(C)C)C[C@H]2CC[C@@H]1N2C. The molecule has 2 bridgehead atoms. The zero-order valence-corrected chi connectivity index (χ0v) is 12.5. The highest BCUT2D eigenvalue weighted by Gasteiger charge is 2.43. The van der Waals surface area contributed by atoms with Crippen LogP contribution >= 0.6 is 0 Å². The number of rotatable bonds is 5. The predicted octanol–water partition coefficient (Wildman–Crippen LogP) is 2.97. The third kappa shape index (κ3) is 2.87. The number of fused-ring (bicyclic) bond motifs is 2. The van der Waals surface area contributed by atoms with Crippen molar-refractivity contribution in [2.45, 2.75) is 64.0 Å². The number of piperidine rings is 1. The Morgan fingerprint density at radius 3 is 2.72 bits per heavy atom. The van der Waals surface area contributed by atoms with Crippen molar-refractivity contribution in [1.82, 2.24) is 9.91 Å². The molecular formula is C15H29N3. The molecule has 0 amide bonds. The standard InChI is InChI=1S/C15H29N3/c1-5-6-7-8-13-14(16-17(2)3)11-12-9-10-15(13)18(12)4/h12-13,15H,5-11H2,1-4H3/b16-14+/t12-,13?,15+/m1/s1. The molecule has 3 nitrogen and oxygen atoms in total. The van der Waals surface area contributed by atoms with Crippen molar-refractivity contribution in [2.75, 3.05) is 21.1 Å². The molecule has 0 aromatic rings. The lowest BCUT2D eigenvalue weighted by atomic mass is 9.84. The highest BCUT2D eigenvalue weighted by atomic mass is 15.4. The van der Waals surface area contributed by atoms with E-state index in [1.165, 1.54) is 50.7 Å². The monoisotopic (exact) mass is 251 g/mol. The van der Waals surface area contributed by atoms with Crippen molar-refractivity contribution < 1.29 is 0 Å². The quantitative estimate of drug-likeness (QED) is 0.552. The fourth-order valence-corrected chi connectivity index (χ4v) is 3.73. The average molecular weight is 251 g/mol. The van der Waals surface area contributed by atoms with Gasteiger partial charge in [-0.15, -0.1) is 0 Å². The van der Waals surface area contributed by atoms with Crippen molar-refractivity contribution in [3.05, 3.63) is 0 Å². The van der Waals surface area contributed by atoms with E-state index in [2.05, 4.69) is 33.0 Å². The van der Waals surface area contributed by atoms with Crippen molar-refractivity contribution in [2.24, 2.45) is 11.0 Å².